The van der Waals surface area contributed by atoms with Gasteiger partial charge in [-0.2, -0.15) is 0 Å². The predicted molar refractivity (Wildman–Crippen MR) is 109 cm³/mol. The second-order valence-electron chi connectivity index (χ2n) is 7.31. The van der Waals surface area contributed by atoms with E-state index in [2.05, 4.69) is 15.9 Å². The van der Waals surface area contributed by atoms with E-state index in [-0.39, 0.29) is 17.8 Å². The minimum atomic E-state index is -0.250. The summed E-state index contributed by atoms with van der Waals surface area (Å²) in [7, 11) is 1.65. The maximum absolute atomic E-state index is 14.7. The molecule has 0 spiro atoms. The first kappa shape index (κ1) is 19.6. The average molecular weight is 394 g/mol. The SMILES string of the molecule is COc1cccc(CN2CCN(Cc3ccc(F)cc3)C2c2ccccc2F)c1. The molecule has 3 aromatic rings. The van der Waals surface area contributed by atoms with Crippen LogP contribution in [-0.2, 0) is 13.1 Å². The number of benzene rings is 3. The van der Waals surface area contributed by atoms with E-state index in [4.69, 9.17) is 4.74 Å². The van der Waals surface area contributed by atoms with Gasteiger partial charge in [0.2, 0.25) is 0 Å². The van der Waals surface area contributed by atoms with Crippen LogP contribution in [0.15, 0.2) is 72.8 Å². The molecule has 0 saturated carbocycles. The smallest absolute Gasteiger partial charge is 0.129 e. The zero-order valence-corrected chi connectivity index (χ0v) is 16.4. The van der Waals surface area contributed by atoms with Gasteiger partial charge in [-0.15, -0.1) is 0 Å². The minimum Gasteiger partial charge on any atom is -0.497 e. The highest BCUT2D eigenvalue weighted by molar-refractivity contribution is 5.29. The maximum atomic E-state index is 14.7. The summed E-state index contributed by atoms with van der Waals surface area (Å²) in [5, 5.41) is 0. The third-order valence-corrected chi connectivity index (χ3v) is 5.37. The van der Waals surface area contributed by atoms with E-state index in [1.165, 1.54) is 18.2 Å². The van der Waals surface area contributed by atoms with Crippen molar-refractivity contribution in [1.29, 1.82) is 0 Å². The number of hydrogen-bond acceptors (Lipinski definition) is 3. The van der Waals surface area contributed by atoms with Gasteiger partial charge in [0.05, 0.1) is 13.3 Å². The molecule has 1 saturated heterocycles. The molecule has 0 N–H and O–H groups in total. The van der Waals surface area contributed by atoms with E-state index in [1.54, 1.807) is 25.3 Å². The summed E-state index contributed by atoms with van der Waals surface area (Å²) in [6, 6.07) is 21.4. The summed E-state index contributed by atoms with van der Waals surface area (Å²) >= 11 is 0. The molecule has 1 atom stereocenters. The highest BCUT2D eigenvalue weighted by Gasteiger charge is 2.34. The van der Waals surface area contributed by atoms with Crippen LogP contribution >= 0.6 is 0 Å². The van der Waals surface area contributed by atoms with Crippen LogP contribution in [0.25, 0.3) is 0 Å². The van der Waals surface area contributed by atoms with Gasteiger partial charge < -0.3 is 4.74 Å². The second-order valence-corrected chi connectivity index (χ2v) is 7.31. The Balaban J connectivity index is 1.62. The Hall–Kier alpha value is -2.76. The molecule has 1 aliphatic heterocycles. The fourth-order valence-corrected chi connectivity index (χ4v) is 3.97. The van der Waals surface area contributed by atoms with E-state index < -0.39 is 0 Å². The highest BCUT2D eigenvalue weighted by Crippen LogP contribution is 2.34. The Morgan fingerprint density at radius 2 is 1.52 bits per heavy atom. The van der Waals surface area contributed by atoms with Crippen molar-refractivity contribution in [3.63, 3.8) is 0 Å². The lowest BCUT2D eigenvalue weighted by molar-refractivity contribution is 0.122. The van der Waals surface area contributed by atoms with Crippen LogP contribution in [0.1, 0.15) is 22.9 Å². The highest BCUT2D eigenvalue weighted by atomic mass is 19.1. The van der Waals surface area contributed by atoms with Crippen molar-refractivity contribution < 1.29 is 13.5 Å². The van der Waals surface area contributed by atoms with Crippen LogP contribution < -0.4 is 4.74 Å². The number of methoxy groups -OCH3 is 1. The van der Waals surface area contributed by atoms with Gasteiger partial charge >= 0.3 is 0 Å². The Kier molecular flexibility index (Phi) is 5.88. The van der Waals surface area contributed by atoms with E-state index in [1.807, 2.05) is 30.3 Å². The Labute approximate surface area is 170 Å². The topological polar surface area (TPSA) is 15.7 Å². The molecule has 3 nitrogen and oxygen atoms in total. The first-order valence-electron chi connectivity index (χ1n) is 9.74. The lowest BCUT2D eigenvalue weighted by Crippen LogP contribution is -2.31. The number of halogens is 2. The van der Waals surface area contributed by atoms with Crippen LogP contribution in [-0.4, -0.2) is 30.0 Å². The molecule has 0 aromatic heterocycles. The normalized spacial score (nSPS) is 17.6. The van der Waals surface area contributed by atoms with Gasteiger partial charge in [-0.1, -0.05) is 42.5 Å². The molecule has 1 heterocycles. The first-order chi connectivity index (χ1) is 14.1. The van der Waals surface area contributed by atoms with Crippen molar-refractivity contribution in [2.75, 3.05) is 20.2 Å². The molecular formula is C24H24F2N2O. The van der Waals surface area contributed by atoms with E-state index in [9.17, 15) is 8.78 Å². The summed E-state index contributed by atoms with van der Waals surface area (Å²) < 4.78 is 33.3. The predicted octanol–water partition coefficient (Wildman–Crippen LogP) is 4.99. The second kappa shape index (κ2) is 8.72. The number of rotatable bonds is 6. The molecule has 4 rings (SSSR count). The number of nitrogens with zero attached hydrogens (tertiary/aromatic N) is 2. The van der Waals surface area contributed by atoms with Crippen molar-refractivity contribution in [3.8, 4) is 5.75 Å². The zero-order chi connectivity index (χ0) is 20.2. The number of ether oxygens (including phenoxy) is 1. The summed E-state index contributed by atoms with van der Waals surface area (Å²) in [4.78, 5) is 4.52. The van der Waals surface area contributed by atoms with Crippen LogP contribution in [0, 0.1) is 11.6 Å². The molecule has 5 heteroatoms. The fourth-order valence-electron chi connectivity index (χ4n) is 3.97. The monoisotopic (exact) mass is 394 g/mol. The summed E-state index contributed by atoms with van der Waals surface area (Å²) in [6.07, 6.45) is -0.188. The Morgan fingerprint density at radius 1 is 0.828 bits per heavy atom. The third-order valence-electron chi connectivity index (χ3n) is 5.37. The molecule has 1 unspecified atom stereocenters. The Morgan fingerprint density at radius 3 is 2.21 bits per heavy atom. The maximum Gasteiger partial charge on any atom is 0.129 e. The Bertz CT molecular complexity index is 961. The van der Waals surface area contributed by atoms with Gasteiger partial charge in [0.1, 0.15) is 17.4 Å². The molecule has 29 heavy (non-hydrogen) atoms. The molecule has 150 valence electrons. The molecular weight excluding hydrogens is 370 g/mol. The molecule has 1 fully saturated rings. The van der Waals surface area contributed by atoms with Gasteiger partial charge in [-0.05, 0) is 41.5 Å². The average Bonchev–Trinajstić information content (AvgIpc) is 3.12. The molecule has 0 bridgehead atoms. The molecule has 1 aliphatic rings. The van der Waals surface area contributed by atoms with Crippen molar-refractivity contribution in [2.45, 2.75) is 19.3 Å². The van der Waals surface area contributed by atoms with E-state index in [0.717, 1.165) is 30.0 Å². The van der Waals surface area contributed by atoms with Crippen LogP contribution in [0.5, 0.6) is 5.75 Å². The van der Waals surface area contributed by atoms with Crippen LogP contribution in [0.3, 0.4) is 0 Å². The van der Waals surface area contributed by atoms with Gasteiger partial charge in [-0.25, -0.2) is 8.78 Å². The quantitative estimate of drug-likeness (QED) is 0.586. The lowest BCUT2D eigenvalue weighted by atomic mass is 10.1. The molecule has 0 aliphatic carbocycles. The lowest BCUT2D eigenvalue weighted by Gasteiger charge is -2.31. The fraction of sp³-hybridized carbons (Fsp3) is 0.250. The van der Waals surface area contributed by atoms with Crippen molar-refractivity contribution in [1.82, 2.24) is 9.80 Å². The molecule has 0 amide bonds. The van der Waals surface area contributed by atoms with Crippen LogP contribution in [0.2, 0.25) is 0 Å². The van der Waals surface area contributed by atoms with Gasteiger partial charge in [0, 0.05) is 31.7 Å². The van der Waals surface area contributed by atoms with Crippen molar-refractivity contribution >= 4 is 0 Å². The summed E-state index contributed by atoms with van der Waals surface area (Å²) in [5.74, 6) is 0.354. The molecule has 0 radical (unpaired) electrons. The van der Waals surface area contributed by atoms with Crippen LogP contribution in [0.4, 0.5) is 8.78 Å². The first-order valence-corrected chi connectivity index (χ1v) is 9.74. The van der Waals surface area contributed by atoms with Gasteiger partial charge in [0.15, 0.2) is 0 Å². The standard InChI is InChI=1S/C24H24F2N2O/c1-29-21-6-4-5-19(15-21)17-28-14-13-27(16-18-9-11-20(25)12-10-18)24(28)22-7-2-3-8-23(22)26/h2-12,15,24H,13-14,16-17H2,1H3. The van der Waals surface area contributed by atoms with Gasteiger partial charge in [0.25, 0.3) is 0 Å². The van der Waals surface area contributed by atoms with Crippen molar-refractivity contribution in [2.24, 2.45) is 0 Å². The van der Waals surface area contributed by atoms with E-state index >= 15 is 0 Å². The van der Waals surface area contributed by atoms with Gasteiger partial charge in [-0.3, -0.25) is 9.80 Å². The number of hydrogen-bond donors (Lipinski definition) is 0. The molecule has 3 aromatic carbocycles. The summed E-state index contributed by atoms with van der Waals surface area (Å²) in [6.45, 7) is 2.95. The zero-order valence-electron chi connectivity index (χ0n) is 16.4. The summed E-state index contributed by atoms with van der Waals surface area (Å²) in [5.41, 5.74) is 2.79. The van der Waals surface area contributed by atoms with E-state index in [0.29, 0.717) is 18.7 Å². The van der Waals surface area contributed by atoms with Crippen molar-refractivity contribution in [3.05, 3.63) is 101 Å². The third kappa shape index (κ3) is 4.47. The largest absolute Gasteiger partial charge is 0.497 e. The minimum absolute atomic E-state index is 0.188.